The lowest BCUT2D eigenvalue weighted by Crippen LogP contribution is -2.41. The van der Waals surface area contributed by atoms with Gasteiger partial charge in [0.15, 0.2) is 0 Å². The largest absolute Gasteiger partial charge is 0.311 e. The summed E-state index contributed by atoms with van der Waals surface area (Å²) < 4.78 is 28.6. The van der Waals surface area contributed by atoms with Gasteiger partial charge in [-0.05, 0) is 38.0 Å². The number of anilines is 1. The molecular formula is C17H20Cl2N4O3S. The number of sulfonamides is 1. The summed E-state index contributed by atoms with van der Waals surface area (Å²) in [5.74, 6) is 0.232. The predicted molar refractivity (Wildman–Crippen MR) is 105 cm³/mol. The second-order valence-corrected chi connectivity index (χ2v) is 9.29. The molecule has 0 atom stereocenters. The van der Waals surface area contributed by atoms with Crippen LogP contribution in [0, 0.1) is 12.8 Å². The Morgan fingerprint density at radius 3 is 2.48 bits per heavy atom. The van der Waals surface area contributed by atoms with Gasteiger partial charge in [-0.1, -0.05) is 23.2 Å². The molecule has 3 rings (SSSR count). The highest BCUT2D eigenvalue weighted by atomic mass is 35.5. The Hall–Kier alpha value is -1.61. The van der Waals surface area contributed by atoms with Crippen molar-refractivity contribution in [3.63, 3.8) is 0 Å². The molecule has 0 saturated carbocycles. The molecule has 10 heteroatoms. The van der Waals surface area contributed by atoms with Crippen molar-refractivity contribution in [3.05, 3.63) is 40.0 Å². The van der Waals surface area contributed by atoms with Crippen molar-refractivity contribution in [1.82, 2.24) is 14.1 Å². The van der Waals surface area contributed by atoms with E-state index in [0.717, 1.165) is 5.69 Å². The third-order valence-electron chi connectivity index (χ3n) is 4.59. The average Bonchev–Trinajstić information content (AvgIpc) is 2.94. The normalized spacial score (nSPS) is 16.4. The zero-order chi connectivity index (χ0) is 19.8. The van der Waals surface area contributed by atoms with E-state index in [2.05, 4.69) is 10.4 Å². The number of aromatic nitrogens is 2. The Kier molecular flexibility index (Phi) is 5.81. The van der Waals surface area contributed by atoms with E-state index in [0.29, 0.717) is 23.7 Å². The molecule has 1 fully saturated rings. The summed E-state index contributed by atoms with van der Waals surface area (Å²) in [6, 6.07) is 6.15. The minimum Gasteiger partial charge on any atom is -0.311 e. The second-order valence-electron chi connectivity index (χ2n) is 6.54. The van der Waals surface area contributed by atoms with Crippen molar-refractivity contribution in [3.8, 4) is 0 Å². The molecule has 0 bridgehead atoms. The Morgan fingerprint density at radius 1 is 1.22 bits per heavy atom. The molecule has 0 aliphatic carbocycles. The molecule has 27 heavy (non-hydrogen) atoms. The van der Waals surface area contributed by atoms with Gasteiger partial charge in [-0.25, -0.2) is 8.42 Å². The standard InChI is InChI=1S/C17H20Cl2N4O3S/c1-11-9-16(22(2)21-11)20-17(24)12-5-7-23(8-6-12)27(25,26)15-10-13(18)3-4-14(15)19/h3-4,9-10,12H,5-8H2,1-2H3,(H,20,24). The fourth-order valence-electron chi connectivity index (χ4n) is 3.13. The first-order chi connectivity index (χ1) is 12.7. The van der Waals surface area contributed by atoms with Gasteiger partial charge in [0.25, 0.3) is 0 Å². The minimum absolute atomic E-state index is 0.00933. The van der Waals surface area contributed by atoms with Crippen LogP contribution in [0.3, 0.4) is 0 Å². The fraction of sp³-hybridized carbons (Fsp3) is 0.412. The van der Waals surface area contributed by atoms with Crippen LogP contribution >= 0.6 is 23.2 Å². The molecule has 0 spiro atoms. The molecule has 146 valence electrons. The van der Waals surface area contributed by atoms with Crippen LogP contribution < -0.4 is 5.32 Å². The number of aryl methyl sites for hydroxylation is 2. The summed E-state index contributed by atoms with van der Waals surface area (Å²) in [6.45, 7) is 2.33. The quantitative estimate of drug-likeness (QED) is 0.807. The molecule has 1 aliphatic heterocycles. The number of halogens is 2. The smallest absolute Gasteiger partial charge is 0.244 e. The number of amides is 1. The number of carbonyl (C=O) groups is 1. The monoisotopic (exact) mass is 430 g/mol. The summed E-state index contributed by atoms with van der Waals surface area (Å²) in [5, 5.41) is 7.49. The maximum Gasteiger partial charge on any atom is 0.244 e. The van der Waals surface area contributed by atoms with E-state index in [4.69, 9.17) is 23.2 Å². The highest BCUT2D eigenvalue weighted by Crippen LogP contribution is 2.30. The third kappa shape index (κ3) is 4.29. The third-order valence-corrected chi connectivity index (χ3v) is 7.20. The summed E-state index contributed by atoms with van der Waals surface area (Å²) >= 11 is 12.0. The van der Waals surface area contributed by atoms with Gasteiger partial charge in [-0.3, -0.25) is 9.48 Å². The lowest BCUT2D eigenvalue weighted by molar-refractivity contribution is -0.121. The van der Waals surface area contributed by atoms with Gasteiger partial charge in [0.1, 0.15) is 10.7 Å². The van der Waals surface area contributed by atoms with E-state index in [1.807, 2.05) is 6.92 Å². The molecule has 0 unspecified atom stereocenters. The van der Waals surface area contributed by atoms with Crippen LogP contribution in [-0.4, -0.2) is 41.5 Å². The summed E-state index contributed by atoms with van der Waals surface area (Å²) in [6.07, 6.45) is 0.861. The first-order valence-corrected chi connectivity index (χ1v) is 10.6. The first-order valence-electron chi connectivity index (χ1n) is 8.45. The van der Waals surface area contributed by atoms with Crippen molar-refractivity contribution in [2.75, 3.05) is 18.4 Å². The van der Waals surface area contributed by atoms with Gasteiger partial charge in [-0.15, -0.1) is 0 Å². The van der Waals surface area contributed by atoms with E-state index in [-0.39, 0.29) is 34.8 Å². The zero-order valence-electron chi connectivity index (χ0n) is 14.9. The Morgan fingerprint density at radius 2 is 1.89 bits per heavy atom. The van der Waals surface area contributed by atoms with Crippen LogP contribution in [-0.2, 0) is 21.9 Å². The highest BCUT2D eigenvalue weighted by molar-refractivity contribution is 7.89. The minimum atomic E-state index is -3.76. The lowest BCUT2D eigenvalue weighted by Gasteiger charge is -2.30. The van der Waals surface area contributed by atoms with Gasteiger partial charge in [-0.2, -0.15) is 9.40 Å². The molecule has 1 aromatic carbocycles. The fourth-order valence-corrected chi connectivity index (χ4v) is 5.34. The molecule has 2 heterocycles. The molecule has 2 aromatic rings. The Bertz CT molecular complexity index is 967. The van der Waals surface area contributed by atoms with Crippen LogP contribution in [0.4, 0.5) is 5.82 Å². The SMILES string of the molecule is Cc1cc(NC(=O)C2CCN(S(=O)(=O)c3cc(Cl)ccc3Cl)CC2)n(C)n1. The summed E-state index contributed by atoms with van der Waals surface area (Å²) in [7, 11) is -2.00. The number of carbonyl (C=O) groups excluding carboxylic acids is 1. The molecule has 1 aliphatic rings. The molecule has 0 radical (unpaired) electrons. The zero-order valence-corrected chi connectivity index (χ0v) is 17.3. The van der Waals surface area contributed by atoms with E-state index < -0.39 is 10.0 Å². The van der Waals surface area contributed by atoms with Crippen LogP contribution in [0.1, 0.15) is 18.5 Å². The van der Waals surface area contributed by atoms with Gasteiger partial charge in [0.05, 0.1) is 10.7 Å². The average molecular weight is 431 g/mol. The summed E-state index contributed by atoms with van der Waals surface area (Å²) in [5.41, 5.74) is 0.812. The van der Waals surface area contributed by atoms with Crippen molar-refractivity contribution in [2.24, 2.45) is 13.0 Å². The molecule has 1 N–H and O–H groups in total. The van der Waals surface area contributed by atoms with Gasteiger partial charge >= 0.3 is 0 Å². The van der Waals surface area contributed by atoms with E-state index >= 15 is 0 Å². The van der Waals surface area contributed by atoms with E-state index in [1.165, 1.54) is 16.4 Å². The highest BCUT2D eigenvalue weighted by Gasteiger charge is 2.33. The maximum absolute atomic E-state index is 12.8. The predicted octanol–water partition coefficient (Wildman–Crippen LogP) is 3.07. The van der Waals surface area contributed by atoms with Crippen molar-refractivity contribution < 1.29 is 13.2 Å². The Labute approximate surface area is 168 Å². The molecule has 1 amide bonds. The van der Waals surface area contributed by atoms with Crippen LogP contribution in [0.15, 0.2) is 29.2 Å². The van der Waals surface area contributed by atoms with Gasteiger partial charge in [0, 0.05) is 37.1 Å². The number of hydrogen-bond donors (Lipinski definition) is 1. The van der Waals surface area contributed by atoms with Crippen LogP contribution in [0.2, 0.25) is 10.0 Å². The number of piperidine rings is 1. The topological polar surface area (TPSA) is 84.3 Å². The van der Waals surface area contributed by atoms with Crippen molar-refractivity contribution in [2.45, 2.75) is 24.7 Å². The number of rotatable bonds is 4. The number of nitrogens with one attached hydrogen (secondary N) is 1. The molecule has 1 aromatic heterocycles. The van der Waals surface area contributed by atoms with Crippen LogP contribution in [0.5, 0.6) is 0 Å². The lowest BCUT2D eigenvalue weighted by atomic mass is 9.97. The van der Waals surface area contributed by atoms with E-state index in [9.17, 15) is 13.2 Å². The Balaban J connectivity index is 1.67. The molecule has 7 nitrogen and oxygen atoms in total. The van der Waals surface area contributed by atoms with Gasteiger partial charge < -0.3 is 5.32 Å². The maximum atomic E-state index is 12.8. The van der Waals surface area contributed by atoms with Crippen molar-refractivity contribution in [1.29, 1.82) is 0 Å². The second kappa shape index (κ2) is 7.79. The number of benzene rings is 1. The number of hydrogen-bond acceptors (Lipinski definition) is 4. The van der Waals surface area contributed by atoms with E-state index in [1.54, 1.807) is 23.9 Å². The molecule has 1 saturated heterocycles. The van der Waals surface area contributed by atoms with Crippen LogP contribution in [0.25, 0.3) is 0 Å². The van der Waals surface area contributed by atoms with Crippen molar-refractivity contribution >= 4 is 45.0 Å². The first kappa shape index (κ1) is 20.1. The molecular weight excluding hydrogens is 411 g/mol. The van der Waals surface area contributed by atoms with Gasteiger partial charge in [0.2, 0.25) is 15.9 Å². The summed E-state index contributed by atoms with van der Waals surface area (Å²) in [4.78, 5) is 12.5. The number of nitrogens with zero attached hydrogens (tertiary/aromatic N) is 3.